The number of piperazine rings is 1. The highest BCUT2D eigenvalue weighted by molar-refractivity contribution is 6.06. The third kappa shape index (κ3) is 3.82. The number of aliphatic hydroxyl groups excluding tert-OH is 1. The van der Waals surface area contributed by atoms with E-state index in [1.807, 2.05) is 21.9 Å². The van der Waals surface area contributed by atoms with Crippen LogP contribution in [-0.2, 0) is 20.9 Å². The number of likely N-dealkylation sites (tertiary alicyclic amines) is 2. The molecule has 2 unspecified atom stereocenters. The molecule has 0 bridgehead atoms. The Morgan fingerprint density at radius 2 is 1.88 bits per heavy atom. The van der Waals surface area contributed by atoms with Crippen molar-refractivity contribution in [1.82, 2.24) is 19.6 Å². The van der Waals surface area contributed by atoms with E-state index in [-0.39, 0.29) is 17.7 Å². The van der Waals surface area contributed by atoms with E-state index < -0.39 is 17.7 Å². The fourth-order valence-corrected chi connectivity index (χ4v) is 5.81. The molecule has 5 rings (SSSR count). The predicted octanol–water partition coefficient (Wildman–Crippen LogP) is -0.0708. The molecule has 2 atom stereocenters. The van der Waals surface area contributed by atoms with Gasteiger partial charge in [-0.3, -0.25) is 29.1 Å². The zero-order valence-corrected chi connectivity index (χ0v) is 18.7. The second-order valence-electron chi connectivity index (χ2n) is 9.68. The maximum Gasteiger partial charge on any atom is 0.252 e. The van der Waals surface area contributed by atoms with E-state index in [9.17, 15) is 19.5 Å². The van der Waals surface area contributed by atoms with Crippen LogP contribution in [0.3, 0.4) is 0 Å². The normalized spacial score (nSPS) is 27.2. The first-order valence-electron chi connectivity index (χ1n) is 11.7. The van der Waals surface area contributed by atoms with Crippen LogP contribution < -0.4 is 0 Å². The third-order valence-corrected chi connectivity index (χ3v) is 7.46. The molecule has 0 saturated carbocycles. The van der Waals surface area contributed by atoms with Gasteiger partial charge in [-0.05, 0) is 37.0 Å². The molecule has 4 aliphatic rings. The molecular formula is C24H29N5O4. The quantitative estimate of drug-likeness (QED) is 0.603. The van der Waals surface area contributed by atoms with Crippen LogP contribution in [0.4, 0.5) is 0 Å². The smallest absolute Gasteiger partial charge is 0.252 e. The van der Waals surface area contributed by atoms with E-state index in [1.54, 1.807) is 12.1 Å². The molecule has 1 aromatic carbocycles. The molecule has 9 heteroatoms. The van der Waals surface area contributed by atoms with Gasteiger partial charge in [0.15, 0.2) is 0 Å². The zero-order chi connectivity index (χ0) is 23.2. The van der Waals surface area contributed by atoms with Crippen molar-refractivity contribution in [2.24, 2.45) is 0 Å². The highest BCUT2D eigenvalue weighted by Gasteiger charge is 2.64. The van der Waals surface area contributed by atoms with Gasteiger partial charge in [-0.1, -0.05) is 12.1 Å². The van der Waals surface area contributed by atoms with E-state index in [4.69, 9.17) is 5.26 Å². The molecule has 33 heavy (non-hydrogen) atoms. The summed E-state index contributed by atoms with van der Waals surface area (Å²) in [4.78, 5) is 45.9. The van der Waals surface area contributed by atoms with Gasteiger partial charge in [0.05, 0.1) is 23.8 Å². The number of benzene rings is 1. The maximum atomic E-state index is 13.6. The van der Waals surface area contributed by atoms with Crippen molar-refractivity contribution >= 4 is 17.7 Å². The summed E-state index contributed by atoms with van der Waals surface area (Å²) < 4.78 is 0. The van der Waals surface area contributed by atoms with Gasteiger partial charge in [-0.2, -0.15) is 5.26 Å². The monoisotopic (exact) mass is 451 g/mol. The second kappa shape index (κ2) is 8.52. The lowest BCUT2D eigenvalue weighted by Gasteiger charge is -2.58. The minimum atomic E-state index is -0.786. The minimum absolute atomic E-state index is 0.144. The number of carbonyl (C=O) groups is 3. The van der Waals surface area contributed by atoms with Crippen molar-refractivity contribution < 1.29 is 19.5 Å². The number of hydrogen-bond acceptors (Lipinski definition) is 7. The largest absolute Gasteiger partial charge is 0.392 e. The fraction of sp³-hybridized carbons (Fsp3) is 0.583. The predicted molar refractivity (Wildman–Crippen MR) is 117 cm³/mol. The van der Waals surface area contributed by atoms with Gasteiger partial charge < -0.3 is 10.0 Å². The summed E-state index contributed by atoms with van der Waals surface area (Å²) >= 11 is 0. The van der Waals surface area contributed by atoms with Gasteiger partial charge in [-0.25, -0.2) is 0 Å². The van der Waals surface area contributed by atoms with Gasteiger partial charge in [-0.15, -0.1) is 0 Å². The lowest BCUT2D eigenvalue weighted by Crippen LogP contribution is -2.81. The van der Waals surface area contributed by atoms with Crippen molar-refractivity contribution in [3.63, 3.8) is 0 Å². The van der Waals surface area contributed by atoms with Crippen LogP contribution in [-0.4, -0.2) is 99.4 Å². The Bertz CT molecular complexity index is 997. The third-order valence-electron chi connectivity index (χ3n) is 7.46. The first kappa shape index (κ1) is 22.0. The average Bonchev–Trinajstić information content (AvgIpc) is 3.38. The molecule has 1 spiro atoms. The van der Waals surface area contributed by atoms with Gasteiger partial charge in [0, 0.05) is 52.2 Å². The number of fused-ring (bicyclic) bond motifs is 2. The van der Waals surface area contributed by atoms with E-state index in [2.05, 4.69) is 11.0 Å². The second-order valence-corrected chi connectivity index (χ2v) is 9.68. The number of rotatable bonds is 6. The van der Waals surface area contributed by atoms with Crippen LogP contribution in [0.1, 0.15) is 36.8 Å². The van der Waals surface area contributed by atoms with Gasteiger partial charge in [0.2, 0.25) is 11.8 Å². The Labute approximate surface area is 193 Å². The van der Waals surface area contributed by atoms with Crippen molar-refractivity contribution in [1.29, 1.82) is 5.26 Å². The highest BCUT2D eigenvalue weighted by Crippen LogP contribution is 2.40. The number of aliphatic hydroxyl groups is 1. The summed E-state index contributed by atoms with van der Waals surface area (Å²) in [5.41, 5.74) is 0.889. The van der Waals surface area contributed by atoms with Crippen LogP contribution in [0, 0.1) is 11.3 Å². The Balaban J connectivity index is 1.27. The summed E-state index contributed by atoms with van der Waals surface area (Å²) in [5, 5.41) is 19.3. The fourth-order valence-electron chi connectivity index (χ4n) is 5.81. The maximum absolute atomic E-state index is 13.6. The number of hydrogen-bond donors (Lipinski definition) is 1. The van der Waals surface area contributed by atoms with Crippen molar-refractivity contribution in [2.75, 3.05) is 39.3 Å². The minimum Gasteiger partial charge on any atom is -0.392 e. The Morgan fingerprint density at radius 1 is 1.12 bits per heavy atom. The lowest BCUT2D eigenvalue weighted by atomic mass is 9.82. The van der Waals surface area contributed by atoms with Crippen molar-refractivity contribution in [3.8, 4) is 6.07 Å². The molecule has 4 aliphatic heterocycles. The van der Waals surface area contributed by atoms with Crippen LogP contribution in [0.5, 0.6) is 0 Å². The van der Waals surface area contributed by atoms with Gasteiger partial charge in [0.1, 0.15) is 5.54 Å². The molecule has 0 aliphatic carbocycles. The molecule has 9 nitrogen and oxygen atoms in total. The first-order valence-corrected chi connectivity index (χ1v) is 11.7. The standard InChI is InChI=1S/C24H29N5O4/c25-12-17-4-6-18(7-5-17)13-26-15-24(16-26)23(33)28(10-2-9-27-8-1-3-21(27)31)22(32)20-11-19(30)14-29(20)24/h4-7,19-20,30H,1-3,8-11,13-16H2. The average molecular weight is 452 g/mol. The van der Waals surface area contributed by atoms with E-state index >= 15 is 0 Å². The van der Waals surface area contributed by atoms with E-state index in [0.29, 0.717) is 64.1 Å². The summed E-state index contributed by atoms with van der Waals surface area (Å²) in [6.07, 6.45) is 1.76. The highest BCUT2D eigenvalue weighted by atomic mass is 16.3. The summed E-state index contributed by atoms with van der Waals surface area (Å²) in [7, 11) is 0. The number of β-amino-alcohol motifs (C(OH)–C–C–N with tert-alkyl or cyclic N) is 1. The van der Waals surface area contributed by atoms with Crippen LogP contribution in [0.2, 0.25) is 0 Å². The van der Waals surface area contributed by atoms with Gasteiger partial charge in [0.25, 0.3) is 5.91 Å². The Morgan fingerprint density at radius 3 is 2.55 bits per heavy atom. The number of nitrogens with zero attached hydrogens (tertiary/aromatic N) is 5. The zero-order valence-electron chi connectivity index (χ0n) is 18.7. The number of amides is 3. The molecule has 0 aromatic heterocycles. The first-order chi connectivity index (χ1) is 15.9. The molecule has 1 aromatic rings. The molecule has 174 valence electrons. The van der Waals surface area contributed by atoms with Crippen molar-refractivity contribution in [2.45, 2.75) is 49.9 Å². The molecule has 3 amide bonds. The number of nitriles is 1. The van der Waals surface area contributed by atoms with Crippen LogP contribution in [0.15, 0.2) is 24.3 Å². The molecule has 1 N–H and O–H groups in total. The molecule has 4 heterocycles. The number of carbonyl (C=O) groups excluding carboxylic acids is 3. The van der Waals surface area contributed by atoms with E-state index in [1.165, 1.54) is 4.90 Å². The molecule has 4 fully saturated rings. The lowest BCUT2D eigenvalue weighted by molar-refractivity contribution is -0.180. The van der Waals surface area contributed by atoms with Gasteiger partial charge >= 0.3 is 0 Å². The van der Waals surface area contributed by atoms with E-state index in [0.717, 1.165) is 18.5 Å². The van der Waals surface area contributed by atoms with Crippen molar-refractivity contribution in [3.05, 3.63) is 35.4 Å². The molecule has 4 saturated heterocycles. The van der Waals surface area contributed by atoms with Crippen LogP contribution in [0.25, 0.3) is 0 Å². The molecular weight excluding hydrogens is 422 g/mol. The Kier molecular flexibility index (Phi) is 5.69. The topological polar surface area (TPSA) is 108 Å². The SMILES string of the molecule is N#Cc1ccc(CN2CC3(C2)C(=O)N(CCCN2CCCC2=O)C(=O)C2CC(O)CN23)cc1. The summed E-state index contributed by atoms with van der Waals surface area (Å²) in [6, 6.07) is 9.06. The Hall–Kier alpha value is -2.80. The summed E-state index contributed by atoms with van der Waals surface area (Å²) in [6.45, 7) is 3.62. The number of imide groups is 1. The summed E-state index contributed by atoms with van der Waals surface area (Å²) in [5.74, 6) is -0.257. The molecule has 0 radical (unpaired) electrons. The van der Waals surface area contributed by atoms with Crippen LogP contribution >= 0.6 is 0 Å².